The molecule has 1 rings (SSSR count). The van der Waals surface area contributed by atoms with Gasteiger partial charge in [0, 0.05) is 0 Å². The summed E-state index contributed by atoms with van der Waals surface area (Å²) in [6, 6.07) is 3.12. The molecule has 0 saturated heterocycles. The van der Waals surface area contributed by atoms with Crippen LogP contribution in [0.15, 0.2) is 6.07 Å². The molecule has 1 heterocycles. The largest absolute Gasteiger partial charge is 0.573 e. The minimum absolute atomic E-state index is 0.0636. The number of nitriles is 1. The van der Waals surface area contributed by atoms with Crippen LogP contribution in [0.4, 0.5) is 13.2 Å². The Morgan fingerprint density at radius 3 is 2.69 bits per heavy atom. The molecule has 0 aliphatic carbocycles. The highest BCUT2D eigenvalue weighted by atomic mass is 127. The van der Waals surface area contributed by atoms with Crippen molar-refractivity contribution in [1.82, 2.24) is 4.98 Å². The van der Waals surface area contributed by atoms with E-state index < -0.39 is 6.36 Å². The third kappa shape index (κ3) is 3.52. The van der Waals surface area contributed by atoms with Crippen molar-refractivity contribution in [2.45, 2.75) is 19.7 Å². The summed E-state index contributed by atoms with van der Waals surface area (Å²) in [5.41, 5.74) is 0.961. The van der Waals surface area contributed by atoms with Crippen LogP contribution in [0.2, 0.25) is 0 Å². The Kier molecular flexibility index (Phi) is 3.96. The van der Waals surface area contributed by atoms with E-state index in [1.807, 2.05) is 6.07 Å². The second kappa shape index (κ2) is 4.86. The van der Waals surface area contributed by atoms with Crippen LogP contribution in [0.3, 0.4) is 0 Å². The van der Waals surface area contributed by atoms with Gasteiger partial charge in [-0.1, -0.05) is 0 Å². The number of ether oxygens (including phenoxy) is 1. The van der Waals surface area contributed by atoms with Gasteiger partial charge in [0.25, 0.3) is 0 Å². The van der Waals surface area contributed by atoms with Gasteiger partial charge in [0.05, 0.1) is 18.2 Å². The second-order valence-corrected chi connectivity index (χ2v) is 3.95. The van der Waals surface area contributed by atoms with Crippen molar-refractivity contribution in [2.24, 2.45) is 0 Å². The highest BCUT2D eigenvalue weighted by molar-refractivity contribution is 14.1. The summed E-state index contributed by atoms with van der Waals surface area (Å²) in [5, 5.41) is 8.49. The van der Waals surface area contributed by atoms with E-state index in [1.165, 1.54) is 6.07 Å². The van der Waals surface area contributed by atoms with Gasteiger partial charge in [0.1, 0.15) is 3.70 Å². The average molecular weight is 342 g/mol. The molecule has 1 aromatic heterocycles. The maximum atomic E-state index is 12.0. The molecule has 86 valence electrons. The van der Waals surface area contributed by atoms with Crippen LogP contribution in [0, 0.1) is 22.0 Å². The Balaban J connectivity index is 3.07. The Morgan fingerprint density at radius 1 is 1.56 bits per heavy atom. The zero-order chi connectivity index (χ0) is 12.3. The van der Waals surface area contributed by atoms with Crippen LogP contribution in [0.25, 0.3) is 0 Å². The van der Waals surface area contributed by atoms with Crippen molar-refractivity contribution < 1.29 is 17.9 Å². The quantitative estimate of drug-likeness (QED) is 0.613. The van der Waals surface area contributed by atoms with Crippen molar-refractivity contribution in [3.8, 4) is 11.8 Å². The molecule has 0 unspecified atom stereocenters. The predicted octanol–water partition coefficient (Wildman–Crippen LogP) is 2.96. The summed E-state index contributed by atoms with van der Waals surface area (Å²) >= 11 is 1.64. The van der Waals surface area contributed by atoms with E-state index in [0.29, 0.717) is 11.3 Å². The molecule has 0 aliphatic heterocycles. The molecule has 3 nitrogen and oxygen atoms in total. The van der Waals surface area contributed by atoms with Crippen molar-refractivity contribution in [2.75, 3.05) is 0 Å². The first-order valence-corrected chi connectivity index (χ1v) is 5.20. The van der Waals surface area contributed by atoms with E-state index in [1.54, 1.807) is 29.5 Å². The van der Waals surface area contributed by atoms with E-state index in [2.05, 4.69) is 9.72 Å². The standard InChI is InChI=1S/C9H6F3IN2O/c1-5-4-7(16-9(10,11)12)8(13)15-6(5)2-3-14/h4H,2H2,1H3. The Labute approximate surface area is 103 Å². The molecule has 1 aromatic rings. The van der Waals surface area contributed by atoms with Gasteiger partial charge >= 0.3 is 6.36 Å². The average Bonchev–Trinajstić information content (AvgIpc) is 2.11. The number of aryl methyl sites for hydroxylation is 1. The summed E-state index contributed by atoms with van der Waals surface area (Å²) < 4.78 is 39.9. The third-order valence-electron chi connectivity index (χ3n) is 1.71. The first-order valence-electron chi connectivity index (χ1n) is 4.12. The Hall–Kier alpha value is -1.04. The monoisotopic (exact) mass is 342 g/mol. The van der Waals surface area contributed by atoms with E-state index >= 15 is 0 Å². The number of hydrogen-bond acceptors (Lipinski definition) is 3. The van der Waals surface area contributed by atoms with Gasteiger partial charge in [0.2, 0.25) is 0 Å². The zero-order valence-corrected chi connectivity index (χ0v) is 10.3. The normalized spacial score (nSPS) is 11.0. The molecule has 0 bridgehead atoms. The van der Waals surface area contributed by atoms with Crippen molar-refractivity contribution in [1.29, 1.82) is 5.26 Å². The second-order valence-electron chi connectivity index (χ2n) is 2.92. The summed E-state index contributed by atoms with van der Waals surface area (Å²) in [6.45, 7) is 1.58. The number of halogens is 4. The maximum absolute atomic E-state index is 12.0. The van der Waals surface area contributed by atoms with Crippen molar-refractivity contribution in [3.05, 3.63) is 21.0 Å². The lowest BCUT2D eigenvalue weighted by molar-refractivity contribution is -0.275. The minimum atomic E-state index is -4.73. The van der Waals surface area contributed by atoms with Crippen molar-refractivity contribution in [3.63, 3.8) is 0 Å². The van der Waals surface area contributed by atoms with Gasteiger partial charge in [0.15, 0.2) is 5.75 Å². The number of hydrogen-bond donors (Lipinski definition) is 0. The smallest absolute Gasteiger partial charge is 0.403 e. The van der Waals surface area contributed by atoms with Gasteiger partial charge < -0.3 is 4.74 Å². The van der Waals surface area contributed by atoms with Gasteiger partial charge in [-0.05, 0) is 41.1 Å². The van der Waals surface area contributed by atoms with Crippen molar-refractivity contribution >= 4 is 22.6 Å². The molecule has 0 fully saturated rings. The number of pyridine rings is 1. The molecule has 0 aliphatic rings. The van der Waals surface area contributed by atoms with Gasteiger partial charge in [-0.2, -0.15) is 5.26 Å². The van der Waals surface area contributed by atoms with E-state index in [-0.39, 0.29) is 15.9 Å². The van der Waals surface area contributed by atoms with Gasteiger partial charge in [-0.3, -0.25) is 0 Å². The summed E-state index contributed by atoms with van der Waals surface area (Å²) in [6.07, 6.45) is -4.67. The lowest BCUT2D eigenvalue weighted by Gasteiger charge is -2.12. The number of nitrogens with zero attached hydrogens (tertiary/aromatic N) is 2. The van der Waals surface area contributed by atoms with Crippen LogP contribution >= 0.6 is 22.6 Å². The van der Waals surface area contributed by atoms with E-state index in [9.17, 15) is 13.2 Å². The summed E-state index contributed by atoms with van der Waals surface area (Å²) in [7, 11) is 0. The molecule has 16 heavy (non-hydrogen) atoms. The van der Waals surface area contributed by atoms with E-state index in [4.69, 9.17) is 5.26 Å². The lowest BCUT2D eigenvalue weighted by Crippen LogP contribution is -2.18. The minimum Gasteiger partial charge on any atom is -0.403 e. The summed E-state index contributed by atoms with van der Waals surface area (Å²) in [5.74, 6) is -0.340. The molecule has 0 N–H and O–H groups in total. The highest BCUT2D eigenvalue weighted by Gasteiger charge is 2.32. The SMILES string of the molecule is Cc1cc(OC(F)(F)F)c(I)nc1CC#N. The maximum Gasteiger partial charge on any atom is 0.573 e. The van der Waals surface area contributed by atoms with Crippen LogP contribution < -0.4 is 4.74 Å². The fraction of sp³-hybridized carbons (Fsp3) is 0.333. The highest BCUT2D eigenvalue weighted by Crippen LogP contribution is 2.28. The molecule has 0 aromatic carbocycles. The van der Waals surface area contributed by atoms with Gasteiger partial charge in [-0.25, -0.2) is 4.98 Å². The first-order chi connectivity index (χ1) is 7.33. The topological polar surface area (TPSA) is 45.9 Å². The summed E-state index contributed by atoms with van der Waals surface area (Å²) in [4.78, 5) is 3.89. The Bertz CT molecular complexity index is 440. The number of rotatable bonds is 2. The fourth-order valence-corrected chi connectivity index (χ4v) is 1.61. The fourth-order valence-electron chi connectivity index (χ4n) is 1.05. The molecule has 0 radical (unpaired) electrons. The first kappa shape index (κ1) is 13.0. The van der Waals surface area contributed by atoms with Crippen LogP contribution in [-0.2, 0) is 6.42 Å². The number of alkyl halides is 3. The Morgan fingerprint density at radius 2 is 2.19 bits per heavy atom. The molecular formula is C9H6F3IN2O. The molecule has 0 amide bonds. The number of aromatic nitrogens is 1. The lowest BCUT2D eigenvalue weighted by atomic mass is 10.2. The zero-order valence-electron chi connectivity index (χ0n) is 8.10. The third-order valence-corrected chi connectivity index (χ3v) is 2.48. The van der Waals surface area contributed by atoms with E-state index in [0.717, 1.165) is 0 Å². The molecule has 7 heteroatoms. The predicted molar refractivity (Wildman–Crippen MR) is 57.7 cm³/mol. The van der Waals surface area contributed by atoms with Crippen LogP contribution in [0.5, 0.6) is 5.75 Å². The molecule has 0 saturated carbocycles. The van der Waals surface area contributed by atoms with Gasteiger partial charge in [-0.15, -0.1) is 13.2 Å². The van der Waals surface area contributed by atoms with Crippen LogP contribution in [-0.4, -0.2) is 11.3 Å². The molecular weight excluding hydrogens is 336 g/mol. The molecule has 0 spiro atoms. The van der Waals surface area contributed by atoms with Crippen LogP contribution in [0.1, 0.15) is 11.3 Å². The molecule has 0 atom stereocenters.